The van der Waals surface area contributed by atoms with Crippen molar-refractivity contribution in [3.05, 3.63) is 0 Å². The first-order chi connectivity index (χ1) is 7.31. The Morgan fingerprint density at radius 3 is 1.76 bits per heavy atom. The van der Waals surface area contributed by atoms with Gasteiger partial charge in [0.1, 0.15) is 0 Å². The molecule has 1 fully saturated rings. The third kappa shape index (κ3) is 2.83. The van der Waals surface area contributed by atoms with Crippen molar-refractivity contribution < 1.29 is 5.11 Å². The second kappa shape index (κ2) is 3.94. The number of piperidine rings is 1. The molecule has 0 saturated carbocycles. The van der Waals surface area contributed by atoms with E-state index in [4.69, 9.17) is 5.73 Å². The Balaban J connectivity index is 3.11. The van der Waals surface area contributed by atoms with Crippen molar-refractivity contribution in [1.82, 2.24) is 5.32 Å². The Labute approximate surface area is 106 Å². The van der Waals surface area contributed by atoms with Crippen molar-refractivity contribution >= 4 is 0 Å². The highest BCUT2D eigenvalue weighted by Crippen LogP contribution is 2.43. The topological polar surface area (TPSA) is 58.3 Å². The minimum Gasteiger partial charge on any atom is -0.388 e. The van der Waals surface area contributed by atoms with Gasteiger partial charge in [-0.3, -0.25) is 0 Å². The van der Waals surface area contributed by atoms with Crippen LogP contribution in [0.25, 0.3) is 0 Å². The van der Waals surface area contributed by atoms with E-state index in [1.54, 1.807) is 0 Å². The van der Waals surface area contributed by atoms with E-state index in [1.807, 2.05) is 6.92 Å². The number of rotatable bonds is 2. The molecule has 0 spiro atoms. The molecule has 3 heteroatoms. The summed E-state index contributed by atoms with van der Waals surface area (Å²) in [6, 6.07) is 0. The standard InChI is InChI=1S/C14H30N2O/c1-10(2)13(7,15)14(17)8-11(3,4)16-12(5,6)9-14/h10,16-17H,8-9,15H2,1-7H3. The molecule has 0 bridgehead atoms. The fourth-order valence-electron chi connectivity index (χ4n) is 3.45. The van der Waals surface area contributed by atoms with Gasteiger partial charge >= 0.3 is 0 Å². The van der Waals surface area contributed by atoms with Crippen LogP contribution < -0.4 is 11.1 Å². The number of hydrogen-bond acceptors (Lipinski definition) is 3. The molecule has 4 N–H and O–H groups in total. The molecule has 0 aliphatic carbocycles. The maximum absolute atomic E-state index is 11.1. The minimum atomic E-state index is -0.820. The van der Waals surface area contributed by atoms with Gasteiger partial charge in [0.15, 0.2) is 0 Å². The second-order valence-electron chi connectivity index (χ2n) is 7.72. The van der Waals surface area contributed by atoms with Gasteiger partial charge in [-0.15, -0.1) is 0 Å². The van der Waals surface area contributed by atoms with E-state index in [1.165, 1.54) is 0 Å². The number of hydrogen-bond donors (Lipinski definition) is 3. The molecule has 0 radical (unpaired) electrons. The summed E-state index contributed by atoms with van der Waals surface area (Å²) in [6.07, 6.45) is 1.38. The monoisotopic (exact) mass is 242 g/mol. The van der Waals surface area contributed by atoms with Crippen LogP contribution in [0.15, 0.2) is 0 Å². The predicted octanol–water partition coefficient (Wildman–Crippen LogP) is 2.03. The molecule has 1 heterocycles. The highest BCUT2D eigenvalue weighted by molar-refractivity contribution is 5.13. The molecule has 0 aromatic rings. The molecular weight excluding hydrogens is 212 g/mol. The summed E-state index contributed by atoms with van der Waals surface area (Å²) in [5.74, 6) is 0.247. The Hall–Kier alpha value is -0.120. The van der Waals surface area contributed by atoms with Gasteiger partial charge < -0.3 is 16.2 Å². The second-order valence-corrected chi connectivity index (χ2v) is 7.72. The largest absolute Gasteiger partial charge is 0.388 e. The van der Waals surface area contributed by atoms with Gasteiger partial charge in [0.2, 0.25) is 0 Å². The number of nitrogens with two attached hydrogens (primary N) is 1. The van der Waals surface area contributed by atoms with Gasteiger partial charge in [-0.2, -0.15) is 0 Å². The van der Waals surface area contributed by atoms with Crippen molar-refractivity contribution in [1.29, 1.82) is 0 Å². The summed E-state index contributed by atoms with van der Waals surface area (Å²) in [6.45, 7) is 14.7. The van der Waals surface area contributed by atoms with Crippen LogP contribution in [0.4, 0.5) is 0 Å². The zero-order chi connectivity index (χ0) is 13.7. The van der Waals surface area contributed by atoms with Crippen molar-refractivity contribution in [2.75, 3.05) is 0 Å². The average Bonchev–Trinajstić information content (AvgIpc) is 1.95. The van der Waals surface area contributed by atoms with Crippen molar-refractivity contribution in [3.8, 4) is 0 Å². The molecule has 1 unspecified atom stereocenters. The highest BCUT2D eigenvalue weighted by atomic mass is 16.3. The van der Waals surface area contributed by atoms with Crippen LogP contribution in [0.3, 0.4) is 0 Å². The first-order valence-corrected chi connectivity index (χ1v) is 6.62. The summed E-state index contributed by atoms with van der Waals surface area (Å²) in [4.78, 5) is 0. The molecule has 0 aromatic carbocycles. The van der Waals surface area contributed by atoms with E-state index in [-0.39, 0.29) is 17.0 Å². The molecule has 0 aromatic heterocycles. The first kappa shape index (κ1) is 14.9. The molecular formula is C14H30N2O. The van der Waals surface area contributed by atoms with Crippen molar-refractivity contribution in [2.45, 2.75) is 83.5 Å². The van der Waals surface area contributed by atoms with E-state index < -0.39 is 11.1 Å². The lowest BCUT2D eigenvalue weighted by Gasteiger charge is -2.57. The molecule has 1 atom stereocenters. The molecule has 1 rings (SSSR count). The van der Waals surface area contributed by atoms with Crippen LogP contribution in [0.2, 0.25) is 0 Å². The summed E-state index contributed by atoms with van der Waals surface area (Å²) >= 11 is 0. The maximum Gasteiger partial charge on any atom is 0.0860 e. The zero-order valence-electron chi connectivity index (χ0n) is 12.5. The van der Waals surface area contributed by atoms with E-state index in [9.17, 15) is 5.11 Å². The van der Waals surface area contributed by atoms with Crippen LogP contribution in [0, 0.1) is 5.92 Å². The fourth-order valence-corrected chi connectivity index (χ4v) is 3.45. The Kier molecular flexibility index (Phi) is 3.46. The van der Waals surface area contributed by atoms with Crippen LogP contribution in [-0.2, 0) is 0 Å². The SMILES string of the molecule is CC(C)C(C)(N)C1(O)CC(C)(C)NC(C)(C)C1. The molecule has 1 aliphatic rings. The summed E-state index contributed by atoms with van der Waals surface area (Å²) in [7, 11) is 0. The Morgan fingerprint density at radius 1 is 1.12 bits per heavy atom. The van der Waals surface area contributed by atoms with Crippen molar-refractivity contribution in [3.63, 3.8) is 0 Å². The third-order valence-electron chi connectivity index (χ3n) is 4.35. The van der Waals surface area contributed by atoms with E-state index in [0.29, 0.717) is 12.8 Å². The van der Waals surface area contributed by atoms with Crippen LogP contribution >= 0.6 is 0 Å². The molecule has 1 aliphatic heterocycles. The molecule has 3 nitrogen and oxygen atoms in total. The van der Waals surface area contributed by atoms with E-state index >= 15 is 0 Å². The van der Waals surface area contributed by atoms with Gasteiger partial charge in [0.05, 0.1) is 5.60 Å². The lowest BCUT2D eigenvalue weighted by atomic mass is 9.62. The molecule has 0 amide bonds. The van der Waals surface area contributed by atoms with Crippen LogP contribution in [0.5, 0.6) is 0 Å². The van der Waals surface area contributed by atoms with E-state index in [2.05, 4.69) is 46.9 Å². The fraction of sp³-hybridized carbons (Fsp3) is 1.00. The summed E-state index contributed by atoms with van der Waals surface area (Å²) < 4.78 is 0. The van der Waals surface area contributed by atoms with Crippen LogP contribution in [0.1, 0.15) is 61.3 Å². The lowest BCUT2D eigenvalue weighted by Crippen LogP contribution is -2.72. The van der Waals surface area contributed by atoms with Gasteiger partial charge in [-0.1, -0.05) is 13.8 Å². The summed E-state index contributed by atoms with van der Waals surface area (Å²) in [5, 5.41) is 14.7. The van der Waals surface area contributed by atoms with Crippen LogP contribution in [-0.4, -0.2) is 27.3 Å². The third-order valence-corrected chi connectivity index (χ3v) is 4.35. The number of nitrogens with one attached hydrogen (secondary N) is 1. The van der Waals surface area contributed by atoms with E-state index in [0.717, 1.165) is 0 Å². The lowest BCUT2D eigenvalue weighted by molar-refractivity contribution is -0.116. The Bertz CT molecular complexity index is 277. The molecule has 102 valence electrons. The normalized spacial score (nSPS) is 30.0. The maximum atomic E-state index is 11.1. The van der Waals surface area contributed by atoms with Gasteiger partial charge in [0.25, 0.3) is 0 Å². The molecule has 1 saturated heterocycles. The summed E-state index contributed by atoms with van der Waals surface area (Å²) in [5.41, 5.74) is 4.86. The predicted molar refractivity (Wildman–Crippen MR) is 72.9 cm³/mol. The molecule has 17 heavy (non-hydrogen) atoms. The smallest absolute Gasteiger partial charge is 0.0860 e. The average molecular weight is 242 g/mol. The van der Waals surface area contributed by atoms with Gasteiger partial charge in [-0.05, 0) is 53.4 Å². The Morgan fingerprint density at radius 2 is 1.47 bits per heavy atom. The quantitative estimate of drug-likeness (QED) is 0.694. The van der Waals surface area contributed by atoms with Gasteiger partial charge in [0, 0.05) is 16.6 Å². The van der Waals surface area contributed by atoms with Gasteiger partial charge in [-0.25, -0.2) is 0 Å². The highest BCUT2D eigenvalue weighted by Gasteiger charge is 2.54. The first-order valence-electron chi connectivity index (χ1n) is 6.62. The minimum absolute atomic E-state index is 0.0913. The number of aliphatic hydroxyl groups is 1. The van der Waals surface area contributed by atoms with Crippen molar-refractivity contribution in [2.24, 2.45) is 11.7 Å². The zero-order valence-corrected chi connectivity index (χ0v) is 12.5.